The lowest BCUT2D eigenvalue weighted by molar-refractivity contribution is 0.393. The second-order valence-corrected chi connectivity index (χ2v) is 6.46. The molecule has 0 saturated heterocycles. The number of aryl methyl sites for hydroxylation is 3. The van der Waals surface area contributed by atoms with Gasteiger partial charge in [-0.15, -0.1) is 10.2 Å². The summed E-state index contributed by atoms with van der Waals surface area (Å²) < 4.78 is 7.27. The van der Waals surface area contributed by atoms with Gasteiger partial charge in [0.25, 0.3) is 0 Å². The molecule has 5 aromatic rings. The molecule has 5 rings (SSSR count). The van der Waals surface area contributed by atoms with Gasteiger partial charge in [-0.3, -0.25) is 4.40 Å². The molecule has 1 N–H and O–H groups in total. The molecule has 1 aromatic carbocycles. The number of nitrogens with zero attached hydrogens (tertiary/aromatic N) is 5. The standard InChI is InChI=1S/C19H16N6O/c1-10-18(11(2)26-24-10)14-6-15(19-16(7-14)21-12(3)22-19)13-4-5-17-23-20-9-25(17)8-13/h4-9H,1-3H3,(H,21,22). The molecule has 0 fully saturated rings. The average Bonchev–Trinajstić information content (AvgIpc) is 3.31. The summed E-state index contributed by atoms with van der Waals surface area (Å²) in [6.45, 7) is 5.85. The Hall–Kier alpha value is -3.48. The first-order chi connectivity index (χ1) is 12.6. The molecule has 4 aromatic heterocycles. The predicted molar refractivity (Wildman–Crippen MR) is 97.8 cm³/mol. The maximum absolute atomic E-state index is 5.36. The van der Waals surface area contributed by atoms with E-state index in [4.69, 9.17) is 4.52 Å². The SMILES string of the molecule is Cc1nc2c(-c3ccc4nncn4c3)cc(-c3c(C)noc3C)cc2[nH]1. The van der Waals surface area contributed by atoms with Crippen molar-refractivity contribution in [2.45, 2.75) is 20.8 Å². The summed E-state index contributed by atoms with van der Waals surface area (Å²) in [6.07, 6.45) is 3.72. The number of hydrogen-bond acceptors (Lipinski definition) is 5. The van der Waals surface area contributed by atoms with Gasteiger partial charge in [0.1, 0.15) is 17.9 Å². The van der Waals surface area contributed by atoms with Gasteiger partial charge in [-0.25, -0.2) is 4.98 Å². The Morgan fingerprint density at radius 2 is 1.96 bits per heavy atom. The van der Waals surface area contributed by atoms with Crippen molar-refractivity contribution in [3.05, 3.63) is 54.1 Å². The molecule has 0 saturated carbocycles. The summed E-state index contributed by atoms with van der Waals surface area (Å²) in [5.74, 6) is 1.68. The number of H-pyrrole nitrogens is 1. The summed E-state index contributed by atoms with van der Waals surface area (Å²) in [7, 11) is 0. The van der Waals surface area contributed by atoms with Gasteiger partial charge in [0.15, 0.2) is 5.65 Å². The molecular formula is C19H16N6O. The molecule has 0 amide bonds. The zero-order valence-corrected chi connectivity index (χ0v) is 14.6. The van der Waals surface area contributed by atoms with Crippen LogP contribution in [-0.2, 0) is 0 Å². The van der Waals surface area contributed by atoms with Gasteiger partial charge in [-0.05, 0) is 50.6 Å². The smallest absolute Gasteiger partial charge is 0.160 e. The van der Waals surface area contributed by atoms with E-state index < -0.39 is 0 Å². The van der Waals surface area contributed by atoms with Crippen LogP contribution in [0.5, 0.6) is 0 Å². The molecule has 7 nitrogen and oxygen atoms in total. The Morgan fingerprint density at radius 3 is 2.77 bits per heavy atom. The summed E-state index contributed by atoms with van der Waals surface area (Å²) in [4.78, 5) is 8.04. The molecule has 0 aliphatic carbocycles. The lowest BCUT2D eigenvalue weighted by atomic mass is 9.97. The molecular weight excluding hydrogens is 328 g/mol. The zero-order valence-electron chi connectivity index (χ0n) is 14.6. The van der Waals surface area contributed by atoms with Gasteiger partial charge in [-0.2, -0.15) is 0 Å². The highest BCUT2D eigenvalue weighted by atomic mass is 16.5. The first kappa shape index (κ1) is 14.8. The summed E-state index contributed by atoms with van der Waals surface area (Å²) >= 11 is 0. The van der Waals surface area contributed by atoms with Crippen molar-refractivity contribution in [3.63, 3.8) is 0 Å². The molecule has 128 valence electrons. The molecule has 26 heavy (non-hydrogen) atoms. The number of fused-ring (bicyclic) bond motifs is 2. The summed E-state index contributed by atoms with van der Waals surface area (Å²) in [5, 5.41) is 12.1. The number of benzene rings is 1. The molecule has 7 heteroatoms. The minimum atomic E-state index is 0.804. The van der Waals surface area contributed by atoms with Crippen LogP contribution in [0, 0.1) is 20.8 Å². The van der Waals surface area contributed by atoms with Gasteiger partial charge in [0.05, 0.1) is 16.7 Å². The quantitative estimate of drug-likeness (QED) is 0.526. The van der Waals surface area contributed by atoms with Crippen LogP contribution < -0.4 is 0 Å². The van der Waals surface area contributed by atoms with Crippen molar-refractivity contribution in [1.29, 1.82) is 0 Å². The maximum atomic E-state index is 5.36. The van der Waals surface area contributed by atoms with E-state index in [-0.39, 0.29) is 0 Å². The molecule has 0 aliphatic heterocycles. The third-order valence-electron chi connectivity index (χ3n) is 4.63. The zero-order chi connectivity index (χ0) is 17.8. The number of nitrogens with one attached hydrogen (secondary N) is 1. The molecule has 0 atom stereocenters. The van der Waals surface area contributed by atoms with Crippen LogP contribution in [0.25, 0.3) is 38.9 Å². The van der Waals surface area contributed by atoms with Gasteiger partial charge < -0.3 is 9.51 Å². The molecule has 0 aliphatic rings. The highest BCUT2D eigenvalue weighted by Crippen LogP contribution is 2.35. The Bertz CT molecular complexity index is 1260. The number of aromatic amines is 1. The van der Waals surface area contributed by atoms with E-state index >= 15 is 0 Å². The normalized spacial score (nSPS) is 11.7. The number of imidazole rings is 1. The minimum absolute atomic E-state index is 0.804. The monoisotopic (exact) mass is 344 g/mol. The van der Waals surface area contributed by atoms with E-state index in [1.807, 2.05) is 43.5 Å². The number of aromatic nitrogens is 6. The molecule has 4 heterocycles. The number of rotatable bonds is 2. The van der Waals surface area contributed by atoms with Crippen molar-refractivity contribution in [2.75, 3.05) is 0 Å². The van der Waals surface area contributed by atoms with Crippen LogP contribution in [0.3, 0.4) is 0 Å². The van der Waals surface area contributed by atoms with E-state index in [1.165, 1.54) is 0 Å². The predicted octanol–water partition coefficient (Wildman–Crippen LogP) is 3.85. The van der Waals surface area contributed by atoms with Crippen molar-refractivity contribution < 1.29 is 4.52 Å². The molecule has 0 radical (unpaired) electrons. The first-order valence-corrected chi connectivity index (χ1v) is 8.33. The van der Waals surface area contributed by atoms with Gasteiger partial charge in [-0.1, -0.05) is 5.16 Å². The van der Waals surface area contributed by atoms with E-state index in [0.717, 1.165) is 56.2 Å². The second kappa shape index (κ2) is 5.26. The van der Waals surface area contributed by atoms with Crippen molar-refractivity contribution in [2.24, 2.45) is 0 Å². The lowest BCUT2D eigenvalue weighted by Crippen LogP contribution is -1.89. The number of pyridine rings is 1. The molecule has 0 spiro atoms. The van der Waals surface area contributed by atoms with E-state index in [0.29, 0.717) is 0 Å². The fourth-order valence-corrected chi connectivity index (χ4v) is 3.49. The Kier molecular flexibility index (Phi) is 3.00. The van der Waals surface area contributed by atoms with E-state index in [1.54, 1.807) is 6.33 Å². The molecule has 0 bridgehead atoms. The molecule has 0 unspecified atom stereocenters. The van der Waals surface area contributed by atoms with Gasteiger partial charge in [0, 0.05) is 22.9 Å². The van der Waals surface area contributed by atoms with E-state index in [2.05, 4.69) is 37.5 Å². The Labute approximate surface area is 148 Å². The topological polar surface area (TPSA) is 84.9 Å². The third kappa shape index (κ3) is 2.13. The maximum Gasteiger partial charge on any atom is 0.160 e. The largest absolute Gasteiger partial charge is 0.361 e. The van der Waals surface area contributed by atoms with Crippen LogP contribution in [0.15, 0.2) is 41.3 Å². The van der Waals surface area contributed by atoms with Gasteiger partial charge in [0.2, 0.25) is 0 Å². The highest BCUT2D eigenvalue weighted by Gasteiger charge is 2.17. The first-order valence-electron chi connectivity index (χ1n) is 8.33. The third-order valence-corrected chi connectivity index (χ3v) is 4.63. The van der Waals surface area contributed by atoms with Gasteiger partial charge >= 0.3 is 0 Å². The fraction of sp³-hybridized carbons (Fsp3) is 0.158. The average molecular weight is 344 g/mol. The van der Waals surface area contributed by atoms with Crippen molar-refractivity contribution in [1.82, 2.24) is 29.7 Å². The van der Waals surface area contributed by atoms with Crippen LogP contribution in [0.4, 0.5) is 0 Å². The lowest BCUT2D eigenvalue weighted by Gasteiger charge is -2.08. The second-order valence-electron chi connectivity index (χ2n) is 6.46. The highest BCUT2D eigenvalue weighted by molar-refractivity contribution is 5.96. The van der Waals surface area contributed by atoms with Crippen molar-refractivity contribution >= 4 is 16.7 Å². The van der Waals surface area contributed by atoms with Crippen LogP contribution >= 0.6 is 0 Å². The van der Waals surface area contributed by atoms with Crippen LogP contribution in [-0.4, -0.2) is 29.7 Å². The number of hydrogen-bond donors (Lipinski definition) is 1. The Balaban J connectivity index is 1.82. The fourth-order valence-electron chi connectivity index (χ4n) is 3.49. The van der Waals surface area contributed by atoms with E-state index in [9.17, 15) is 0 Å². The van der Waals surface area contributed by atoms with Crippen molar-refractivity contribution in [3.8, 4) is 22.3 Å². The summed E-state index contributed by atoms with van der Waals surface area (Å²) in [5.41, 5.74) is 7.76. The minimum Gasteiger partial charge on any atom is -0.361 e. The Morgan fingerprint density at radius 1 is 1.08 bits per heavy atom. The van der Waals surface area contributed by atoms with Crippen LogP contribution in [0.2, 0.25) is 0 Å². The van der Waals surface area contributed by atoms with Crippen LogP contribution in [0.1, 0.15) is 17.3 Å². The summed E-state index contributed by atoms with van der Waals surface area (Å²) in [6, 6.07) is 8.24.